The topological polar surface area (TPSA) is 82.4 Å². The number of fused-ring (bicyclic) bond motifs is 3. The van der Waals surface area contributed by atoms with Gasteiger partial charge in [0.1, 0.15) is 5.82 Å². The summed E-state index contributed by atoms with van der Waals surface area (Å²) in [5, 5.41) is 10.7. The number of Topliss-reactive ketones (excluding diaryl/α,β-unsaturated/α-hetero) is 1. The molecular formula is C21H20N4O. The zero-order valence-corrected chi connectivity index (χ0v) is 15.0. The van der Waals surface area contributed by atoms with Gasteiger partial charge in [-0.2, -0.15) is 5.26 Å². The molecule has 0 saturated heterocycles. The summed E-state index contributed by atoms with van der Waals surface area (Å²) in [6.07, 6.45) is 4.49. The van der Waals surface area contributed by atoms with E-state index in [9.17, 15) is 10.1 Å². The number of rotatable bonds is 3. The number of nitrogens with zero attached hydrogens (tertiary/aromatic N) is 3. The lowest BCUT2D eigenvalue weighted by molar-refractivity contribution is 0.0977. The fourth-order valence-corrected chi connectivity index (χ4v) is 3.88. The van der Waals surface area contributed by atoms with Crippen molar-refractivity contribution in [2.75, 3.05) is 0 Å². The molecule has 4 rings (SSSR count). The van der Waals surface area contributed by atoms with Gasteiger partial charge in [0, 0.05) is 27.9 Å². The van der Waals surface area contributed by atoms with Crippen molar-refractivity contribution >= 4 is 16.7 Å². The quantitative estimate of drug-likeness (QED) is 0.730. The molecule has 1 aliphatic rings. The van der Waals surface area contributed by atoms with E-state index < -0.39 is 5.92 Å². The van der Waals surface area contributed by atoms with Crippen molar-refractivity contribution in [3.63, 3.8) is 0 Å². The average molecular weight is 344 g/mol. The molecule has 26 heavy (non-hydrogen) atoms. The molecule has 2 heterocycles. The van der Waals surface area contributed by atoms with Crippen LogP contribution in [0.3, 0.4) is 0 Å². The van der Waals surface area contributed by atoms with Crippen LogP contribution in [0.4, 0.5) is 0 Å². The molecule has 1 N–H and O–H groups in total. The molecule has 0 unspecified atom stereocenters. The Morgan fingerprint density at radius 2 is 2.00 bits per heavy atom. The van der Waals surface area contributed by atoms with Gasteiger partial charge < -0.3 is 4.98 Å². The number of nitrogens with one attached hydrogen (secondary N) is 1. The lowest BCUT2D eigenvalue weighted by atomic mass is 9.92. The first-order valence-corrected chi connectivity index (χ1v) is 8.96. The smallest absolute Gasteiger partial charge is 0.186 e. The van der Waals surface area contributed by atoms with Gasteiger partial charge in [-0.15, -0.1) is 0 Å². The van der Waals surface area contributed by atoms with Gasteiger partial charge in [0.2, 0.25) is 0 Å². The zero-order chi connectivity index (χ0) is 18.3. The molecular weight excluding hydrogens is 324 g/mol. The Morgan fingerprint density at radius 3 is 2.77 bits per heavy atom. The Hall–Kier alpha value is -3.00. The van der Waals surface area contributed by atoms with Crippen LogP contribution in [0.1, 0.15) is 57.6 Å². The number of nitriles is 1. The number of ketones is 1. The van der Waals surface area contributed by atoms with E-state index in [-0.39, 0.29) is 5.78 Å². The number of hydrogen-bond donors (Lipinski definition) is 1. The van der Waals surface area contributed by atoms with Crippen molar-refractivity contribution in [1.29, 1.82) is 5.26 Å². The van der Waals surface area contributed by atoms with Crippen molar-refractivity contribution in [1.82, 2.24) is 15.0 Å². The predicted molar refractivity (Wildman–Crippen MR) is 99.1 cm³/mol. The normalized spacial score (nSPS) is 14.7. The summed E-state index contributed by atoms with van der Waals surface area (Å²) >= 11 is 0. The highest BCUT2D eigenvalue weighted by Crippen LogP contribution is 2.31. The molecule has 130 valence electrons. The van der Waals surface area contributed by atoms with E-state index in [0.29, 0.717) is 17.1 Å². The number of aryl methyl sites for hydroxylation is 4. The Morgan fingerprint density at radius 1 is 1.19 bits per heavy atom. The summed E-state index contributed by atoms with van der Waals surface area (Å²) in [5.41, 5.74) is 5.47. The SMILES string of the molecule is Cc1cc([C@H](C#N)C(=O)c2ccc3[nH]c4c(c3c2)CCCC4)nc(C)n1. The number of carbonyl (C=O) groups excluding carboxylic acids is 1. The van der Waals surface area contributed by atoms with Crippen molar-refractivity contribution in [3.8, 4) is 6.07 Å². The van der Waals surface area contributed by atoms with E-state index in [0.717, 1.165) is 29.4 Å². The summed E-state index contributed by atoms with van der Waals surface area (Å²) in [5.74, 6) is -0.552. The molecule has 2 aromatic heterocycles. The lowest BCUT2D eigenvalue weighted by Crippen LogP contribution is -2.14. The van der Waals surface area contributed by atoms with Crippen LogP contribution in [0, 0.1) is 25.2 Å². The summed E-state index contributed by atoms with van der Waals surface area (Å²) in [4.78, 5) is 25.1. The fourth-order valence-electron chi connectivity index (χ4n) is 3.88. The van der Waals surface area contributed by atoms with Crippen LogP contribution in [-0.4, -0.2) is 20.7 Å². The molecule has 0 fully saturated rings. The predicted octanol–water partition coefficient (Wildman–Crippen LogP) is 3.94. The first-order chi connectivity index (χ1) is 12.6. The van der Waals surface area contributed by atoms with Crippen molar-refractivity contribution in [2.24, 2.45) is 0 Å². The Kier molecular flexibility index (Phi) is 4.04. The molecule has 0 amide bonds. The largest absolute Gasteiger partial charge is 0.358 e. The number of carbonyl (C=O) groups is 1. The standard InChI is InChI=1S/C21H20N4O/c1-12-9-20(24-13(2)23-12)17(11-22)21(26)14-7-8-19-16(10-14)15-5-3-4-6-18(15)25-19/h7-10,17,25H,3-6H2,1-2H3/t17-/m0/s1. The molecule has 0 saturated carbocycles. The summed E-state index contributed by atoms with van der Waals surface area (Å²) in [7, 11) is 0. The van der Waals surface area contributed by atoms with E-state index >= 15 is 0 Å². The first-order valence-electron chi connectivity index (χ1n) is 8.96. The van der Waals surface area contributed by atoms with E-state index in [4.69, 9.17) is 0 Å². The van der Waals surface area contributed by atoms with Crippen molar-refractivity contribution < 1.29 is 4.79 Å². The van der Waals surface area contributed by atoms with Crippen molar-refractivity contribution in [2.45, 2.75) is 45.4 Å². The van der Waals surface area contributed by atoms with Crippen LogP contribution in [0.25, 0.3) is 10.9 Å². The van der Waals surface area contributed by atoms with Crippen LogP contribution in [0.15, 0.2) is 24.3 Å². The maximum Gasteiger partial charge on any atom is 0.186 e. The summed E-state index contributed by atoms with van der Waals surface area (Å²) in [6, 6.07) is 9.53. The highest BCUT2D eigenvalue weighted by Gasteiger charge is 2.25. The van der Waals surface area contributed by atoms with Crippen LogP contribution in [0.2, 0.25) is 0 Å². The maximum absolute atomic E-state index is 13.0. The highest BCUT2D eigenvalue weighted by molar-refractivity contribution is 6.05. The highest BCUT2D eigenvalue weighted by atomic mass is 16.1. The van der Waals surface area contributed by atoms with Gasteiger partial charge in [0.05, 0.1) is 11.8 Å². The molecule has 1 aliphatic carbocycles. The lowest BCUT2D eigenvalue weighted by Gasteiger charge is -2.11. The van der Waals surface area contributed by atoms with Gasteiger partial charge in [-0.1, -0.05) is 0 Å². The van der Waals surface area contributed by atoms with Gasteiger partial charge >= 0.3 is 0 Å². The zero-order valence-electron chi connectivity index (χ0n) is 15.0. The monoisotopic (exact) mass is 344 g/mol. The minimum absolute atomic E-state index is 0.211. The van der Waals surface area contributed by atoms with Gasteiger partial charge in [0.25, 0.3) is 0 Å². The second-order valence-electron chi connectivity index (χ2n) is 6.96. The van der Waals surface area contributed by atoms with E-state index in [1.807, 2.05) is 19.1 Å². The Bertz CT molecular complexity index is 1040. The number of H-pyrrole nitrogens is 1. The summed E-state index contributed by atoms with van der Waals surface area (Å²) in [6.45, 7) is 3.61. The minimum Gasteiger partial charge on any atom is -0.358 e. The van der Waals surface area contributed by atoms with Crippen LogP contribution < -0.4 is 0 Å². The number of aromatic amines is 1. The number of hydrogen-bond acceptors (Lipinski definition) is 4. The van der Waals surface area contributed by atoms with E-state index in [1.165, 1.54) is 24.1 Å². The van der Waals surface area contributed by atoms with Gasteiger partial charge in [-0.05, 0) is 69.4 Å². The molecule has 0 spiro atoms. The van der Waals surface area contributed by atoms with E-state index in [1.54, 1.807) is 19.1 Å². The molecule has 0 radical (unpaired) electrons. The molecule has 1 aromatic carbocycles. The van der Waals surface area contributed by atoms with E-state index in [2.05, 4.69) is 21.0 Å². The average Bonchev–Trinajstić information content (AvgIpc) is 2.99. The molecule has 0 aliphatic heterocycles. The summed E-state index contributed by atoms with van der Waals surface area (Å²) < 4.78 is 0. The van der Waals surface area contributed by atoms with Crippen molar-refractivity contribution in [3.05, 3.63) is 58.3 Å². The Labute approximate surface area is 152 Å². The second-order valence-corrected chi connectivity index (χ2v) is 6.96. The first kappa shape index (κ1) is 16.5. The fraction of sp³-hybridized carbons (Fsp3) is 0.333. The van der Waals surface area contributed by atoms with Gasteiger partial charge in [-0.25, -0.2) is 9.97 Å². The van der Waals surface area contributed by atoms with Crippen LogP contribution in [0.5, 0.6) is 0 Å². The Balaban J connectivity index is 1.76. The number of aromatic nitrogens is 3. The third-order valence-electron chi connectivity index (χ3n) is 5.06. The van der Waals surface area contributed by atoms with Crippen LogP contribution >= 0.6 is 0 Å². The third-order valence-corrected chi connectivity index (χ3v) is 5.06. The molecule has 0 bridgehead atoms. The molecule has 5 heteroatoms. The van der Waals surface area contributed by atoms with Gasteiger partial charge in [0.15, 0.2) is 11.7 Å². The third kappa shape index (κ3) is 2.78. The molecule has 1 atom stereocenters. The maximum atomic E-state index is 13.0. The van der Waals surface area contributed by atoms with Crippen LogP contribution in [-0.2, 0) is 12.8 Å². The number of benzene rings is 1. The molecule has 3 aromatic rings. The molecule has 5 nitrogen and oxygen atoms in total. The van der Waals surface area contributed by atoms with Gasteiger partial charge in [-0.3, -0.25) is 4.79 Å². The second kappa shape index (κ2) is 6.38. The minimum atomic E-state index is -0.914.